The van der Waals surface area contributed by atoms with E-state index in [1.807, 2.05) is 6.07 Å². The molecule has 2 heteroatoms. The highest BCUT2D eigenvalue weighted by Gasteiger charge is 2.19. The maximum absolute atomic E-state index is 6.21. The quantitative estimate of drug-likeness (QED) is 0.785. The molecular formula is C22H24NO+. The third kappa shape index (κ3) is 3.01. The van der Waals surface area contributed by atoms with Crippen LogP contribution in [0.25, 0.3) is 22.3 Å². The van der Waals surface area contributed by atoms with Crippen molar-refractivity contribution >= 4 is 11.0 Å². The molecule has 1 heterocycles. The number of hydrogen-bond donors (Lipinski definition) is 1. The average molecular weight is 318 g/mol. The Bertz CT molecular complexity index is 902. The Morgan fingerprint density at radius 3 is 2.54 bits per heavy atom. The first-order valence-electron chi connectivity index (χ1n) is 9.05. The summed E-state index contributed by atoms with van der Waals surface area (Å²) in [7, 11) is 0. The van der Waals surface area contributed by atoms with Crippen LogP contribution >= 0.6 is 0 Å². The molecular weight excluding hydrogens is 294 g/mol. The third-order valence-electron chi connectivity index (χ3n) is 5.01. The minimum Gasteiger partial charge on any atom is -0.456 e. The molecule has 3 aromatic rings. The summed E-state index contributed by atoms with van der Waals surface area (Å²) in [6.07, 6.45) is 6.24. The zero-order valence-electron chi connectivity index (χ0n) is 14.2. The zero-order chi connectivity index (χ0) is 16.4. The molecule has 1 N–H and O–H groups in total. The van der Waals surface area contributed by atoms with Crippen molar-refractivity contribution in [2.24, 2.45) is 0 Å². The monoisotopic (exact) mass is 318 g/mol. The fourth-order valence-corrected chi connectivity index (χ4v) is 3.61. The lowest BCUT2D eigenvalue weighted by atomic mass is 10.1. The van der Waals surface area contributed by atoms with E-state index in [-0.39, 0.29) is 0 Å². The molecule has 0 atom stereocenters. The summed E-state index contributed by atoms with van der Waals surface area (Å²) in [5.74, 6) is 0.924. The van der Waals surface area contributed by atoms with Gasteiger partial charge in [-0.2, -0.15) is 0 Å². The Balaban J connectivity index is 1.94. The fourth-order valence-electron chi connectivity index (χ4n) is 3.61. The first kappa shape index (κ1) is 15.2. The summed E-state index contributed by atoms with van der Waals surface area (Å²) in [6, 6.07) is 19.7. The molecule has 2 nitrogen and oxygen atoms in total. The predicted octanol–water partition coefficient (Wildman–Crippen LogP) is 3.59. The minimum atomic E-state index is 0.588. The molecule has 0 bridgehead atoms. The Hall–Kier alpha value is -2.35. The number of benzene rings is 2. The van der Waals surface area contributed by atoms with E-state index in [0.29, 0.717) is 6.04 Å². The molecule has 2 aromatic carbocycles. The van der Waals surface area contributed by atoms with E-state index in [4.69, 9.17) is 4.42 Å². The van der Waals surface area contributed by atoms with Gasteiger partial charge in [0.05, 0.1) is 11.5 Å². The van der Waals surface area contributed by atoms with Crippen molar-refractivity contribution in [1.82, 2.24) is 0 Å². The van der Waals surface area contributed by atoms with Gasteiger partial charge in [-0.25, -0.2) is 4.99 Å². The van der Waals surface area contributed by atoms with Crippen LogP contribution in [-0.2, 0) is 6.42 Å². The van der Waals surface area contributed by atoms with Gasteiger partial charge < -0.3 is 4.42 Å². The van der Waals surface area contributed by atoms with Gasteiger partial charge in [-0.3, -0.25) is 0 Å². The molecule has 0 saturated heterocycles. The minimum absolute atomic E-state index is 0.588. The van der Waals surface area contributed by atoms with Gasteiger partial charge in [-0.1, -0.05) is 43.3 Å². The van der Waals surface area contributed by atoms with Gasteiger partial charge in [-0.15, -0.1) is 0 Å². The predicted molar refractivity (Wildman–Crippen MR) is 97.4 cm³/mol. The van der Waals surface area contributed by atoms with Crippen LogP contribution < -0.4 is 10.3 Å². The van der Waals surface area contributed by atoms with Crippen molar-refractivity contribution in [2.45, 2.75) is 45.1 Å². The molecule has 1 aliphatic rings. The molecule has 1 aromatic heterocycles. The molecule has 24 heavy (non-hydrogen) atoms. The summed E-state index contributed by atoms with van der Waals surface area (Å²) in [5.41, 5.74) is 3.42. The highest BCUT2D eigenvalue weighted by atomic mass is 16.3. The van der Waals surface area contributed by atoms with Crippen molar-refractivity contribution in [2.75, 3.05) is 0 Å². The molecule has 0 amide bonds. The van der Waals surface area contributed by atoms with Gasteiger partial charge in [0.25, 0.3) is 0 Å². The van der Waals surface area contributed by atoms with Crippen LogP contribution in [0, 0.1) is 0 Å². The van der Waals surface area contributed by atoms with E-state index in [0.717, 1.165) is 23.3 Å². The summed E-state index contributed by atoms with van der Waals surface area (Å²) >= 11 is 0. The van der Waals surface area contributed by atoms with Gasteiger partial charge in [0.1, 0.15) is 11.3 Å². The molecule has 0 unspecified atom stereocenters. The number of fused-ring (bicyclic) bond motifs is 1. The third-order valence-corrected chi connectivity index (χ3v) is 5.01. The lowest BCUT2D eigenvalue weighted by molar-refractivity contribution is -0.540. The van der Waals surface area contributed by atoms with E-state index in [9.17, 15) is 0 Å². The smallest absolute Gasteiger partial charge is 0.213 e. The number of aryl methyl sites for hydroxylation is 1. The van der Waals surface area contributed by atoms with Crippen LogP contribution in [0.1, 0.15) is 38.2 Å². The van der Waals surface area contributed by atoms with Crippen molar-refractivity contribution in [1.29, 1.82) is 0 Å². The van der Waals surface area contributed by atoms with Crippen LogP contribution in [0.15, 0.2) is 59.0 Å². The zero-order valence-corrected chi connectivity index (χ0v) is 14.2. The molecule has 0 spiro atoms. The standard InChI is InChI=1S/C22H23NO/c1-2-16-12-13-21-19(14-16)20(23-18-10-6-7-11-18)15-22(24-21)17-8-4-3-5-9-17/h3-5,8-9,12-15,18H,2,6-7,10-11H2,1H3/p+1. The molecule has 1 saturated carbocycles. The Labute approximate surface area is 142 Å². The van der Waals surface area contributed by atoms with E-state index < -0.39 is 0 Å². The fraction of sp³-hybridized carbons (Fsp3) is 0.318. The highest BCUT2D eigenvalue weighted by molar-refractivity contribution is 5.78. The molecule has 0 radical (unpaired) electrons. The second-order valence-corrected chi connectivity index (χ2v) is 6.70. The number of rotatable bonds is 3. The van der Waals surface area contributed by atoms with E-state index >= 15 is 0 Å². The largest absolute Gasteiger partial charge is 0.456 e. The van der Waals surface area contributed by atoms with Gasteiger partial charge in [-0.05, 0) is 37.0 Å². The maximum atomic E-state index is 6.21. The van der Waals surface area contributed by atoms with Gasteiger partial charge in [0.15, 0.2) is 6.04 Å². The topological polar surface area (TPSA) is 27.1 Å². The maximum Gasteiger partial charge on any atom is 0.213 e. The number of hydrogen-bond acceptors (Lipinski definition) is 1. The van der Waals surface area contributed by atoms with E-state index in [1.54, 1.807) is 0 Å². The second-order valence-electron chi connectivity index (χ2n) is 6.70. The van der Waals surface area contributed by atoms with Crippen LogP contribution in [0.2, 0.25) is 0 Å². The van der Waals surface area contributed by atoms with Crippen LogP contribution in [-0.4, -0.2) is 6.04 Å². The Kier molecular flexibility index (Phi) is 4.20. The van der Waals surface area contributed by atoms with Crippen molar-refractivity contribution in [3.63, 3.8) is 0 Å². The Morgan fingerprint density at radius 1 is 1.00 bits per heavy atom. The molecule has 1 fully saturated rings. The van der Waals surface area contributed by atoms with Gasteiger partial charge in [0, 0.05) is 18.4 Å². The van der Waals surface area contributed by atoms with Crippen LogP contribution in [0.4, 0.5) is 0 Å². The van der Waals surface area contributed by atoms with E-state index in [2.05, 4.69) is 60.4 Å². The summed E-state index contributed by atoms with van der Waals surface area (Å²) in [5, 5.41) is 2.40. The molecule has 122 valence electrons. The lowest BCUT2D eigenvalue weighted by Crippen LogP contribution is -2.82. The second kappa shape index (κ2) is 6.64. The van der Waals surface area contributed by atoms with Gasteiger partial charge >= 0.3 is 0 Å². The summed E-state index contributed by atoms with van der Waals surface area (Å²) in [6.45, 7) is 2.20. The summed E-state index contributed by atoms with van der Waals surface area (Å²) < 4.78 is 6.21. The first-order valence-corrected chi connectivity index (χ1v) is 9.05. The summed E-state index contributed by atoms with van der Waals surface area (Å²) in [4.78, 5) is 3.79. The molecule has 1 aliphatic carbocycles. The van der Waals surface area contributed by atoms with Crippen molar-refractivity contribution < 1.29 is 9.41 Å². The SMILES string of the molecule is CCc1ccc2oc(-c3ccccc3)cc(=[NH+]C3CCCC3)c2c1. The first-order chi connectivity index (χ1) is 11.8. The molecule has 0 aliphatic heterocycles. The van der Waals surface area contributed by atoms with E-state index in [1.165, 1.54) is 42.0 Å². The van der Waals surface area contributed by atoms with Gasteiger partial charge in [0.2, 0.25) is 5.36 Å². The lowest BCUT2D eigenvalue weighted by Gasteiger charge is -2.05. The average Bonchev–Trinajstić information content (AvgIpc) is 3.15. The van der Waals surface area contributed by atoms with Crippen molar-refractivity contribution in [3.8, 4) is 11.3 Å². The normalized spacial score (nSPS) is 16.1. The molecule has 4 rings (SSSR count). The van der Waals surface area contributed by atoms with Crippen LogP contribution in [0.5, 0.6) is 0 Å². The highest BCUT2D eigenvalue weighted by Crippen LogP contribution is 2.22. The van der Waals surface area contributed by atoms with Crippen molar-refractivity contribution in [3.05, 3.63) is 65.5 Å². The number of nitrogens with one attached hydrogen (secondary N) is 1. The Morgan fingerprint density at radius 2 is 1.79 bits per heavy atom. The van der Waals surface area contributed by atoms with Crippen LogP contribution in [0.3, 0.4) is 0 Å².